The zero-order valence-electron chi connectivity index (χ0n) is 8.63. The molecule has 0 bridgehead atoms. The minimum absolute atomic E-state index is 0.400. The summed E-state index contributed by atoms with van der Waals surface area (Å²) in [5, 5.41) is 11.7. The zero-order valence-corrected chi connectivity index (χ0v) is 8.63. The fourth-order valence-corrected chi connectivity index (χ4v) is 0.805. The molecule has 0 aliphatic carbocycles. The topological polar surface area (TPSA) is 49.3 Å². The quantitative estimate of drug-likeness (QED) is 0.488. The van der Waals surface area contributed by atoms with E-state index >= 15 is 0 Å². The normalized spacial score (nSPS) is 12.2. The Labute approximate surface area is 79.8 Å². The number of carboxylic acid groups (broad SMARTS) is 1. The molecule has 0 fully saturated rings. The van der Waals surface area contributed by atoms with E-state index in [0.717, 1.165) is 13.0 Å². The van der Waals surface area contributed by atoms with Gasteiger partial charge in [-0.3, -0.25) is 0 Å². The lowest BCUT2D eigenvalue weighted by atomic mass is 10.1. The molecule has 3 heteroatoms. The van der Waals surface area contributed by atoms with E-state index in [1.807, 2.05) is 0 Å². The van der Waals surface area contributed by atoms with Gasteiger partial charge in [-0.25, -0.2) is 4.79 Å². The van der Waals surface area contributed by atoms with Crippen molar-refractivity contribution >= 4 is 5.97 Å². The molecule has 2 N–H and O–H groups in total. The Morgan fingerprint density at radius 2 is 2.15 bits per heavy atom. The molecule has 76 valence electrons. The van der Waals surface area contributed by atoms with Crippen LogP contribution in [0.5, 0.6) is 0 Å². The molecule has 0 unspecified atom stereocenters. The summed E-state index contributed by atoms with van der Waals surface area (Å²) in [6.45, 7) is 7.53. The van der Waals surface area contributed by atoms with Gasteiger partial charge >= 0.3 is 5.97 Å². The van der Waals surface area contributed by atoms with E-state index < -0.39 is 5.97 Å². The lowest BCUT2D eigenvalue weighted by Crippen LogP contribution is -2.17. The van der Waals surface area contributed by atoms with Crippen molar-refractivity contribution in [2.75, 3.05) is 13.1 Å². The van der Waals surface area contributed by atoms with Crippen molar-refractivity contribution in [3.8, 4) is 0 Å². The molecular formula is C10H19NO2. The average Bonchev–Trinajstić information content (AvgIpc) is 2.02. The molecule has 0 aliphatic rings. The monoisotopic (exact) mass is 185 g/mol. The summed E-state index contributed by atoms with van der Waals surface area (Å²) in [7, 11) is 0. The van der Waals surface area contributed by atoms with Gasteiger partial charge in [-0.1, -0.05) is 19.9 Å². The molecular weight excluding hydrogens is 166 g/mol. The average molecular weight is 185 g/mol. The predicted molar refractivity (Wildman–Crippen MR) is 53.7 cm³/mol. The molecule has 0 heterocycles. The highest BCUT2D eigenvalue weighted by atomic mass is 16.4. The molecule has 0 aromatic heterocycles. The van der Waals surface area contributed by atoms with Gasteiger partial charge in [0.1, 0.15) is 0 Å². The molecule has 0 rings (SSSR count). The van der Waals surface area contributed by atoms with Gasteiger partial charge in [-0.2, -0.15) is 0 Å². The SMILES string of the molecule is C/C(=C/CNCCC(C)C)C(=O)O. The van der Waals surface area contributed by atoms with Crippen LogP contribution < -0.4 is 5.32 Å². The Bertz CT molecular complexity index is 185. The summed E-state index contributed by atoms with van der Waals surface area (Å²) in [5.74, 6) is -0.150. The number of hydrogen-bond donors (Lipinski definition) is 2. The first-order valence-electron chi connectivity index (χ1n) is 4.64. The summed E-state index contributed by atoms with van der Waals surface area (Å²) in [6.07, 6.45) is 2.82. The minimum atomic E-state index is -0.842. The highest BCUT2D eigenvalue weighted by molar-refractivity contribution is 5.85. The van der Waals surface area contributed by atoms with E-state index in [2.05, 4.69) is 19.2 Å². The Hall–Kier alpha value is -0.830. The highest BCUT2D eigenvalue weighted by Gasteiger charge is 1.97. The van der Waals surface area contributed by atoms with Gasteiger partial charge in [0, 0.05) is 12.1 Å². The van der Waals surface area contributed by atoms with Crippen molar-refractivity contribution in [3.63, 3.8) is 0 Å². The van der Waals surface area contributed by atoms with Gasteiger partial charge in [-0.05, 0) is 25.8 Å². The third kappa shape index (κ3) is 7.53. The molecule has 0 aromatic carbocycles. The van der Waals surface area contributed by atoms with Crippen molar-refractivity contribution in [2.24, 2.45) is 5.92 Å². The van der Waals surface area contributed by atoms with E-state index in [9.17, 15) is 4.79 Å². The second kappa shape index (κ2) is 6.66. The van der Waals surface area contributed by atoms with Crippen molar-refractivity contribution in [1.29, 1.82) is 0 Å². The number of aliphatic carboxylic acids is 1. The summed E-state index contributed by atoms with van der Waals surface area (Å²) in [6, 6.07) is 0. The number of nitrogens with one attached hydrogen (secondary N) is 1. The second-order valence-corrected chi connectivity index (χ2v) is 3.58. The summed E-state index contributed by atoms with van der Waals surface area (Å²) < 4.78 is 0. The van der Waals surface area contributed by atoms with Gasteiger partial charge in [0.2, 0.25) is 0 Å². The first-order valence-corrected chi connectivity index (χ1v) is 4.64. The summed E-state index contributed by atoms with van der Waals surface area (Å²) in [4.78, 5) is 10.4. The van der Waals surface area contributed by atoms with Gasteiger partial charge in [0.15, 0.2) is 0 Å². The van der Waals surface area contributed by atoms with Crippen LogP contribution in [0.25, 0.3) is 0 Å². The number of rotatable bonds is 6. The van der Waals surface area contributed by atoms with Crippen LogP contribution in [0.15, 0.2) is 11.6 Å². The molecule has 3 nitrogen and oxygen atoms in total. The standard InChI is InChI=1S/C10H19NO2/c1-8(2)4-6-11-7-5-9(3)10(12)13/h5,8,11H,4,6-7H2,1-3H3,(H,12,13)/b9-5-. The lowest BCUT2D eigenvalue weighted by molar-refractivity contribution is -0.132. The smallest absolute Gasteiger partial charge is 0.330 e. The van der Waals surface area contributed by atoms with Gasteiger partial charge in [0.05, 0.1) is 0 Å². The molecule has 0 spiro atoms. The van der Waals surface area contributed by atoms with Crippen LogP contribution >= 0.6 is 0 Å². The Balaban J connectivity index is 3.45. The Morgan fingerprint density at radius 3 is 2.62 bits per heavy atom. The fourth-order valence-electron chi connectivity index (χ4n) is 0.805. The van der Waals surface area contributed by atoms with E-state index in [1.165, 1.54) is 0 Å². The maximum atomic E-state index is 10.4. The molecule has 0 saturated heterocycles. The fraction of sp³-hybridized carbons (Fsp3) is 0.700. The maximum Gasteiger partial charge on any atom is 0.330 e. The molecule has 0 aliphatic heterocycles. The number of hydrogen-bond acceptors (Lipinski definition) is 2. The van der Waals surface area contributed by atoms with Crippen LogP contribution in [0.3, 0.4) is 0 Å². The molecule has 13 heavy (non-hydrogen) atoms. The predicted octanol–water partition coefficient (Wildman–Crippen LogP) is 1.65. The first kappa shape index (κ1) is 12.2. The van der Waals surface area contributed by atoms with Crippen molar-refractivity contribution in [1.82, 2.24) is 5.32 Å². The van der Waals surface area contributed by atoms with Crippen LogP contribution in [-0.2, 0) is 4.79 Å². The van der Waals surface area contributed by atoms with Crippen LogP contribution in [0, 0.1) is 5.92 Å². The second-order valence-electron chi connectivity index (χ2n) is 3.58. The van der Waals surface area contributed by atoms with Crippen LogP contribution in [-0.4, -0.2) is 24.2 Å². The van der Waals surface area contributed by atoms with Gasteiger partial charge in [0.25, 0.3) is 0 Å². The molecule has 0 atom stereocenters. The molecule has 0 saturated carbocycles. The molecule has 0 amide bonds. The zero-order chi connectivity index (χ0) is 10.3. The van der Waals surface area contributed by atoms with Crippen molar-refractivity contribution in [3.05, 3.63) is 11.6 Å². The number of carboxylic acids is 1. The van der Waals surface area contributed by atoms with Crippen molar-refractivity contribution in [2.45, 2.75) is 27.2 Å². The lowest BCUT2D eigenvalue weighted by Gasteiger charge is -2.04. The van der Waals surface area contributed by atoms with E-state index in [-0.39, 0.29) is 0 Å². The van der Waals surface area contributed by atoms with Crippen LogP contribution in [0.2, 0.25) is 0 Å². The highest BCUT2D eigenvalue weighted by Crippen LogP contribution is 1.96. The summed E-state index contributed by atoms with van der Waals surface area (Å²) >= 11 is 0. The van der Waals surface area contributed by atoms with E-state index in [4.69, 9.17) is 5.11 Å². The molecule has 0 aromatic rings. The van der Waals surface area contributed by atoms with Crippen LogP contribution in [0.4, 0.5) is 0 Å². The first-order chi connectivity index (χ1) is 6.04. The number of carbonyl (C=O) groups is 1. The maximum absolute atomic E-state index is 10.4. The van der Waals surface area contributed by atoms with Crippen LogP contribution in [0.1, 0.15) is 27.2 Å². The third-order valence-corrected chi connectivity index (χ3v) is 1.79. The minimum Gasteiger partial charge on any atom is -0.478 e. The van der Waals surface area contributed by atoms with E-state index in [1.54, 1.807) is 13.0 Å². The van der Waals surface area contributed by atoms with Crippen molar-refractivity contribution < 1.29 is 9.90 Å². The molecule has 0 radical (unpaired) electrons. The third-order valence-electron chi connectivity index (χ3n) is 1.79. The van der Waals surface area contributed by atoms with Gasteiger partial charge in [-0.15, -0.1) is 0 Å². The van der Waals surface area contributed by atoms with Gasteiger partial charge < -0.3 is 10.4 Å². The van der Waals surface area contributed by atoms with E-state index in [0.29, 0.717) is 18.0 Å². The largest absolute Gasteiger partial charge is 0.478 e. The summed E-state index contributed by atoms with van der Waals surface area (Å²) in [5.41, 5.74) is 0.400. The Morgan fingerprint density at radius 1 is 1.54 bits per heavy atom. The Kier molecular flexibility index (Phi) is 6.24.